The van der Waals surface area contributed by atoms with Crippen LogP contribution in [-0.4, -0.2) is 10.9 Å². The average Bonchev–Trinajstić information content (AvgIpc) is 2.89. The van der Waals surface area contributed by atoms with Crippen molar-refractivity contribution in [2.24, 2.45) is 0 Å². The Morgan fingerprint density at radius 3 is 2.52 bits per heavy atom. The van der Waals surface area contributed by atoms with Gasteiger partial charge in [-0.25, -0.2) is 4.98 Å². The largest absolute Gasteiger partial charge is 0.298 e. The average molecular weight is 337 g/mol. The number of hydrogen-bond donors (Lipinski definition) is 1. The van der Waals surface area contributed by atoms with Crippen LogP contribution in [0.3, 0.4) is 0 Å². The quantitative estimate of drug-likeness (QED) is 0.701. The molecule has 0 bridgehead atoms. The van der Waals surface area contributed by atoms with Crippen molar-refractivity contribution in [3.8, 4) is 0 Å². The standard InChI is InChI=1S/C15H10Cl2N2OS/c1-8-2-7-11(17)13-12(8)18-15(21-13)19-14(20)9-3-5-10(16)6-4-9/h2-7H,1H3,(H,18,19,20). The number of halogens is 2. The van der Waals surface area contributed by atoms with Gasteiger partial charge in [-0.2, -0.15) is 0 Å². The summed E-state index contributed by atoms with van der Waals surface area (Å²) in [7, 11) is 0. The summed E-state index contributed by atoms with van der Waals surface area (Å²) in [5, 5.41) is 4.55. The van der Waals surface area contributed by atoms with Gasteiger partial charge in [0.1, 0.15) is 0 Å². The van der Waals surface area contributed by atoms with E-state index in [1.165, 1.54) is 11.3 Å². The fourth-order valence-electron chi connectivity index (χ4n) is 1.93. The molecule has 21 heavy (non-hydrogen) atoms. The van der Waals surface area contributed by atoms with Gasteiger partial charge in [0, 0.05) is 10.6 Å². The number of carbonyl (C=O) groups excluding carboxylic acids is 1. The molecule has 3 rings (SSSR count). The lowest BCUT2D eigenvalue weighted by Crippen LogP contribution is -2.11. The summed E-state index contributed by atoms with van der Waals surface area (Å²) in [6, 6.07) is 10.4. The Morgan fingerprint density at radius 1 is 1.14 bits per heavy atom. The van der Waals surface area contributed by atoms with Crippen molar-refractivity contribution in [3.63, 3.8) is 0 Å². The second-order valence-corrected chi connectivity index (χ2v) is 6.36. The Kier molecular flexibility index (Phi) is 3.85. The molecule has 0 fully saturated rings. The van der Waals surface area contributed by atoms with E-state index in [1.807, 2.05) is 19.1 Å². The van der Waals surface area contributed by atoms with Gasteiger partial charge in [-0.05, 0) is 42.8 Å². The van der Waals surface area contributed by atoms with Crippen molar-refractivity contribution in [2.45, 2.75) is 6.92 Å². The molecular weight excluding hydrogens is 327 g/mol. The maximum atomic E-state index is 12.2. The van der Waals surface area contributed by atoms with E-state index in [9.17, 15) is 4.79 Å². The summed E-state index contributed by atoms with van der Waals surface area (Å²) in [6.45, 7) is 1.96. The number of thiazole rings is 1. The Balaban J connectivity index is 1.91. The molecular formula is C15H10Cl2N2OS. The fraction of sp³-hybridized carbons (Fsp3) is 0.0667. The second kappa shape index (κ2) is 5.64. The summed E-state index contributed by atoms with van der Waals surface area (Å²) in [5.41, 5.74) is 2.37. The van der Waals surface area contributed by atoms with Gasteiger partial charge >= 0.3 is 0 Å². The molecule has 0 aliphatic carbocycles. The summed E-state index contributed by atoms with van der Waals surface area (Å²) in [4.78, 5) is 16.6. The highest BCUT2D eigenvalue weighted by molar-refractivity contribution is 7.23. The fourth-order valence-corrected chi connectivity index (χ4v) is 3.26. The molecule has 1 heterocycles. The Bertz CT molecular complexity index is 789. The first-order valence-corrected chi connectivity index (χ1v) is 7.74. The lowest BCUT2D eigenvalue weighted by Gasteiger charge is -2.01. The van der Waals surface area contributed by atoms with Crippen LogP contribution in [0.4, 0.5) is 5.13 Å². The molecule has 0 aliphatic heterocycles. The first-order chi connectivity index (χ1) is 10.0. The highest BCUT2D eigenvalue weighted by Gasteiger charge is 2.12. The number of carbonyl (C=O) groups is 1. The lowest BCUT2D eigenvalue weighted by atomic mass is 10.2. The molecule has 1 N–H and O–H groups in total. The minimum Gasteiger partial charge on any atom is -0.298 e. The maximum absolute atomic E-state index is 12.2. The molecule has 1 aromatic heterocycles. The van der Waals surface area contributed by atoms with Gasteiger partial charge in [0.15, 0.2) is 5.13 Å². The Labute approximate surface area is 135 Å². The summed E-state index contributed by atoms with van der Waals surface area (Å²) < 4.78 is 0.878. The third-order valence-corrected chi connectivity index (χ3v) is 4.71. The molecule has 0 aliphatic rings. The molecule has 0 radical (unpaired) electrons. The molecule has 3 nitrogen and oxygen atoms in total. The number of fused-ring (bicyclic) bond motifs is 1. The number of amides is 1. The third-order valence-electron chi connectivity index (χ3n) is 3.02. The van der Waals surface area contributed by atoms with Crippen LogP contribution in [0.25, 0.3) is 10.2 Å². The Morgan fingerprint density at radius 2 is 1.86 bits per heavy atom. The van der Waals surface area contributed by atoms with Crippen molar-refractivity contribution in [1.82, 2.24) is 4.98 Å². The van der Waals surface area contributed by atoms with Crippen LogP contribution in [0, 0.1) is 6.92 Å². The Hall–Kier alpha value is -1.62. The number of aryl methyl sites for hydroxylation is 1. The van der Waals surface area contributed by atoms with E-state index in [2.05, 4.69) is 10.3 Å². The molecule has 0 atom stereocenters. The van der Waals surface area contributed by atoms with Crippen LogP contribution >= 0.6 is 34.5 Å². The SMILES string of the molecule is Cc1ccc(Cl)c2sc(NC(=O)c3ccc(Cl)cc3)nc12. The monoisotopic (exact) mass is 336 g/mol. The molecule has 106 valence electrons. The normalized spacial score (nSPS) is 10.8. The van der Waals surface area contributed by atoms with Crippen LogP contribution in [0.15, 0.2) is 36.4 Å². The van der Waals surface area contributed by atoms with Gasteiger partial charge in [-0.3, -0.25) is 10.1 Å². The van der Waals surface area contributed by atoms with Crippen LogP contribution in [0.5, 0.6) is 0 Å². The van der Waals surface area contributed by atoms with E-state index in [1.54, 1.807) is 24.3 Å². The number of rotatable bonds is 2. The highest BCUT2D eigenvalue weighted by Crippen LogP contribution is 2.33. The van der Waals surface area contributed by atoms with Crippen LogP contribution in [0.1, 0.15) is 15.9 Å². The maximum Gasteiger partial charge on any atom is 0.257 e. The van der Waals surface area contributed by atoms with E-state index >= 15 is 0 Å². The zero-order valence-electron chi connectivity index (χ0n) is 11.0. The van der Waals surface area contributed by atoms with Gasteiger partial charge in [-0.15, -0.1) is 0 Å². The number of anilines is 1. The minimum atomic E-state index is -0.223. The molecule has 6 heteroatoms. The predicted octanol–water partition coefficient (Wildman–Crippen LogP) is 5.16. The number of aromatic nitrogens is 1. The van der Waals surface area contributed by atoms with Crippen LogP contribution in [-0.2, 0) is 0 Å². The predicted molar refractivity (Wildman–Crippen MR) is 88.8 cm³/mol. The first-order valence-electron chi connectivity index (χ1n) is 6.17. The van der Waals surface area contributed by atoms with Gasteiger partial charge in [-0.1, -0.05) is 40.6 Å². The molecule has 0 saturated heterocycles. The number of benzene rings is 2. The highest BCUT2D eigenvalue weighted by atomic mass is 35.5. The molecule has 2 aromatic carbocycles. The lowest BCUT2D eigenvalue weighted by molar-refractivity contribution is 0.102. The van der Waals surface area contributed by atoms with E-state index in [0.717, 1.165) is 15.8 Å². The van der Waals surface area contributed by atoms with Gasteiger partial charge in [0.2, 0.25) is 0 Å². The van der Waals surface area contributed by atoms with Gasteiger partial charge in [0.25, 0.3) is 5.91 Å². The zero-order chi connectivity index (χ0) is 15.0. The van der Waals surface area contributed by atoms with E-state index < -0.39 is 0 Å². The number of nitrogens with zero attached hydrogens (tertiary/aromatic N) is 1. The van der Waals surface area contributed by atoms with Crippen molar-refractivity contribution in [3.05, 3.63) is 57.6 Å². The minimum absolute atomic E-state index is 0.223. The summed E-state index contributed by atoms with van der Waals surface area (Å²) >= 11 is 13.3. The number of hydrogen-bond acceptors (Lipinski definition) is 3. The van der Waals surface area contributed by atoms with E-state index in [0.29, 0.717) is 20.7 Å². The molecule has 0 spiro atoms. The molecule has 0 saturated carbocycles. The van der Waals surface area contributed by atoms with Gasteiger partial charge in [0.05, 0.1) is 15.2 Å². The third kappa shape index (κ3) is 2.88. The van der Waals surface area contributed by atoms with Crippen molar-refractivity contribution >= 4 is 55.8 Å². The van der Waals surface area contributed by atoms with Crippen LogP contribution < -0.4 is 5.32 Å². The van der Waals surface area contributed by atoms with Crippen molar-refractivity contribution in [1.29, 1.82) is 0 Å². The smallest absolute Gasteiger partial charge is 0.257 e. The molecule has 3 aromatic rings. The first kappa shape index (κ1) is 14.3. The van der Waals surface area contributed by atoms with Crippen LogP contribution in [0.2, 0.25) is 10.0 Å². The molecule has 0 unspecified atom stereocenters. The molecule has 1 amide bonds. The summed E-state index contributed by atoms with van der Waals surface area (Å²) in [6.07, 6.45) is 0. The summed E-state index contributed by atoms with van der Waals surface area (Å²) in [5.74, 6) is -0.223. The zero-order valence-corrected chi connectivity index (χ0v) is 13.3. The second-order valence-electron chi connectivity index (χ2n) is 4.52. The van der Waals surface area contributed by atoms with Gasteiger partial charge < -0.3 is 0 Å². The van der Waals surface area contributed by atoms with Crippen molar-refractivity contribution in [2.75, 3.05) is 5.32 Å². The topological polar surface area (TPSA) is 42.0 Å². The van der Waals surface area contributed by atoms with E-state index in [4.69, 9.17) is 23.2 Å². The number of nitrogens with one attached hydrogen (secondary N) is 1. The van der Waals surface area contributed by atoms with Crippen molar-refractivity contribution < 1.29 is 4.79 Å². The van der Waals surface area contributed by atoms with E-state index in [-0.39, 0.29) is 5.91 Å².